The van der Waals surface area contributed by atoms with E-state index >= 15 is 0 Å². The van der Waals surface area contributed by atoms with Crippen LogP contribution in [0.2, 0.25) is 0 Å². The predicted molar refractivity (Wildman–Crippen MR) is 91.6 cm³/mol. The van der Waals surface area contributed by atoms with Crippen molar-refractivity contribution >= 4 is 0 Å². The average molecular weight is 288 g/mol. The van der Waals surface area contributed by atoms with Crippen molar-refractivity contribution in [3.05, 3.63) is 35.9 Å². The van der Waals surface area contributed by atoms with Crippen LogP contribution < -0.4 is 5.32 Å². The van der Waals surface area contributed by atoms with Crippen molar-refractivity contribution in [2.45, 2.75) is 64.0 Å². The Labute approximate surface area is 130 Å². The number of likely N-dealkylation sites (N-methyl/N-ethyl adjacent to an activating group) is 1. The third kappa shape index (κ3) is 5.44. The van der Waals surface area contributed by atoms with Crippen LogP contribution in [-0.4, -0.2) is 31.1 Å². The van der Waals surface area contributed by atoms with E-state index < -0.39 is 0 Å². The molecule has 118 valence electrons. The highest BCUT2D eigenvalue weighted by Gasteiger charge is 2.20. The highest BCUT2D eigenvalue weighted by Crippen LogP contribution is 2.23. The molecule has 2 nitrogen and oxygen atoms in total. The summed E-state index contributed by atoms with van der Waals surface area (Å²) in [4.78, 5) is 2.60. The summed E-state index contributed by atoms with van der Waals surface area (Å²) in [5, 5.41) is 3.73. The first-order valence-corrected chi connectivity index (χ1v) is 8.80. The van der Waals surface area contributed by atoms with Crippen LogP contribution in [0.25, 0.3) is 0 Å². The Bertz CT molecular complexity index is 368. The summed E-state index contributed by atoms with van der Waals surface area (Å²) in [5.41, 5.74) is 1.42. The minimum atomic E-state index is 0.458. The van der Waals surface area contributed by atoms with Gasteiger partial charge in [-0.05, 0) is 38.4 Å². The Morgan fingerprint density at radius 1 is 1.10 bits per heavy atom. The van der Waals surface area contributed by atoms with Crippen molar-refractivity contribution in [1.29, 1.82) is 0 Å². The van der Waals surface area contributed by atoms with Crippen LogP contribution in [0, 0.1) is 0 Å². The van der Waals surface area contributed by atoms with Gasteiger partial charge in [0, 0.05) is 18.6 Å². The van der Waals surface area contributed by atoms with E-state index in [0.717, 1.165) is 19.1 Å². The first kappa shape index (κ1) is 16.5. The van der Waals surface area contributed by atoms with Crippen LogP contribution in [0.15, 0.2) is 30.3 Å². The molecule has 1 aliphatic rings. The molecule has 0 spiro atoms. The largest absolute Gasteiger partial charge is 0.309 e. The fourth-order valence-corrected chi connectivity index (χ4v) is 3.43. The SMILES string of the molecule is CCCNC(CN(C)C1CCCCCC1)c1ccccc1. The summed E-state index contributed by atoms with van der Waals surface area (Å²) in [7, 11) is 2.32. The molecule has 1 saturated carbocycles. The maximum atomic E-state index is 3.73. The molecule has 0 amide bonds. The standard InChI is InChI=1S/C19H32N2/c1-3-15-20-19(17-11-7-6-8-12-17)16-21(2)18-13-9-4-5-10-14-18/h6-8,11-12,18-20H,3-5,9-10,13-16H2,1-2H3. The van der Waals surface area contributed by atoms with E-state index in [2.05, 4.69) is 54.5 Å². The van der Waals surface area contributed by atoms with Crippen molar-refractivity contribution in [1.82, 2.24) is 10.2 Å². The van der Waals surface area contributed by atoms with Crippen molar-refractivity contribution in [2.24, 2.45) is 0 Å². The molecule has 21 heavy (non-hydrogen) atoms. The Kier molecular flexibility index (Phi) is 7.25. The summed E-state index contributed by atoms with van der Waals surface area (Å²) in [6.07, 6.45) is 9.63. The van der Waals surface area contributed by atoms with Crippen molar-refractivity contribution in [3.63, 3.8) is 0 Å². The molecule has 0 heterocycles. The molecule has 2 heteroatoms. The molecule has 0 aromatic heterocycles. The summed E-state index contributed by atoms with van der Waals surface area (Å²) in [5.74, 6) is 0. The van der Waals surface area contributed by atoms with Crippen LogP contribution in [-0.2, 0) is 0 Å². The smallest absolute Gasteiger partial charge is 0.0449 e. The molecule has 2 rings (SSSR count). The molecule has 0 saturated heterocycles. The van der Waals surface area contributed by atoms with Gasteiger partial charge < -0.3 is 10.2 Å². The Hall–Kier alpha value is -0.860. The van der Waals surface area contributed by atoms with E-state index in [0.29, 0.717) is 6.04 Å². The monoisotopic (exact) mass is 288 g/mol. The maximum absolute atomic E-state index is 3.73. The molecule has 1 aromatic carbocycles. The fourth-order valence-electron chi connectivity index (χ4n) is 3.43. The zero-order chi connectivity index (χ0) is 14.9. The van der Waals surface area contributed by atoms with Crippen molar-refractivity contribution < 1.29 is 0 Å². The minimum Gasteiger partial charge on any atom is -0.309 e. The normalized spacial score (nSPS) is 18.6. The van der Waals surface area contributed by atoms with Crippen LogP contribution in [0.4, 0.5) is 0 Å². The van der Waals surface area contributed by atoms with Gasteiger partial charge in [-0.3, -0.25) is 0 Å². The van der Waals surface area contributed by atoms with E-state index in [1.807, 2.05) is 0 Å². The molecule has 0 aliphatic heterocycles. The van der Waals surface area contributed by atoms with E-state index in [-0.39, 0.29) is 0 Å². The van der Waals surface area contributed by atoms with Crippen LogP contribution in [0.5, 0.6) is 0 Å². The minimum absolute atomic E-state index is 0.458. The van der Waals surface area contributed by atoms with Crippen LogP contribution >= 0.6 is 0 Å². The summed E-state index contributed by atoms with van der Waals surface area (Å²) >= 11 is 0. The Balaban J connectivity index is 1.96. The summed E-state index contributed by atoms with van der Waals surface area (Å²) in [6.45, 7) is 4.46. The second-order valence-electron chi connectivity index (χ2n) is 6.50. The van der Waals surface area contributed by atoms with Crippen molar-refractivity contribution in [3.8, 4) is 0 Å². The van der Waals surface area contributed by atoms with Gasteiger partial charge in [0.2, 0.25) is 0 Å². The number of hydrogen-bond donors (Lipinski definition) is 1. The summed E-state index contributed by atoms with van der Waals surface area (Å²) in [6, 6.07) is 12.2. The van der Waals surface area contributed by atoms with E-state index in [1.165, 1.54) is 50.5 Å². The molecular weight excluding hydrogens is 256 g/mol. The topological polar surface area (TPSA) is 15.3 Å². The van der Waals surface area contributed by atoms with Gasteiger partial charge in [-0.15, -0.1) is 0 Å². The maximum Gasteiger partial charge on any atom is 0.0449 e. The number of rotatable bonds is 7. The molecule has 1 fully saturated rings. The molecular formula is C19H32N2. The van der Waals surface area contributed by atoms with E-state index in [4.69, 9.17) is 0 Å². The quantitative estimate of drug-likeness (QED) is 0.749. The van der Waals surface area contributed by atoms with Crippen LogP contribution in [0.3, 0.4) is 0 Å². The number of hydrogen-bond acceptors (Lipinski definition) is 2. The molecule has 1 aliphatic carbocycles. The molecule has 1 atom stereocenters. The van der Waals surface area contributed by atoms with E-state index in [9.17, 15) is 0 Å². The first-order chi connectivity index (χ1) is 10.3. The van der Waals surface area contributed by atoms with Gasteiger partial charge in [-0.25, -0.2) is 0 Å². The highest BCUT2D eigenvalue weighted by atomic mass is 15.2. The third-order valence-electron chi connectivity index (χ3n) is 4.76. The number of nitrogens with one attached hydrogen (secondary N) is 1. The number of nitrogens with zero attached hydrogens (tertiary/aromatic N) is 1. The molecule has 1 N–H and O–H groups in total. The predicted octanol–water partition coefficient (Wildman–Crippen LogP) is 4.38. The van der Waals surface area contributed by atoms with Crippen LogP contribution in [0.1, 0.15) is 63.5 Å². The Morgan fingerprint density at radius 2 is 1.76 bits per heavy atom. The van der Waals surface area contributed by atoms with Gasteiger partial charge in [0.1, 0.15) is 0 Å². The van der Waals surface area contributed by atoms with Gasteiger partial charge in [0.15, 0.2) is 0 Å². The van der Waals surface area contributed by atoms with Crippen molar-refractivity contribution in [2.75, 3.05) is 20.1 Å². The summed E-state index contributed by atoms with van der Waals surface area (Å²) < 4.78 is 0. The lowest BCUT2D eigenvalue weighted by atomic mass is 10.0. The highest BCUT2D eigenvalue weighted by molar-refractivity contribution is 5.19. The first-order valence-electron chi connectivity index (χ1n) is 8.80. The Morgan fingerprint density at radius 3 is 2.38 bits per heavy atom. The number of benzene rings is 1. The fraction of sp³-hybridized carbons (Fsp3) is 0.684. The second kappa shape index (κ2) is 9.22. The molecule has 1 aromatic rings. The van der Waals surface area contributed by atoms with Gasteiger partial charge >= 0.3 is 0 Å². The van der Waals surface area contributed by atoms with E-state index in [1.54, 1.807) is 0 Å². The lowest BCUT2D eigenvalue weighted by Crippen LogP contribution is -2.39. The average Bonchev–Trinajstić information content (AvgIpc) is 2.81. The molecule has 0 bridgehead atoms. The van der Waals surface area contributed by atoms with Gasteiger partial charge in [-0.1, -0.05) is 62.9 Å². The lowest BCUT2D eigenvalue weighted by molar-refractivity contribution is 0.198. The zero-order valence-corrected chi connectivity index (χ0v) is 13.9. The lowest BCUT2D eigenvalue weighted by Gasteiger charge is -2.31. The van der Waals surface area contributed by atoms with Gasteiger partial charge in [0.05, 0.1) is 0 Å². The van der Waals surface area contributed by atoms with Gasteiger partial charge in [0.25, 0.3) is 0 Å². The van der Waals surface area contributed by atoms with Gasteiger partial charge in [-0.2, -0.15) is 0 Å². The third-order valence-corrected chi connectivity index (χ3v) is 4.76. The molecule has 0 radical (unpaired) electrons. The second-order valence-corrected chi connectivity index (χ2v) is 6.50. The molecule has 1 unspecified atom stereocenters. The zero-order valence-electron chi connectivity index (χ0n) is 13.9.